The zero-order valence-corrected chi connectivity index (χ0v) is 16.1. The van der Waals surface area contributed by atoms with Gasteiger partial charge in [0, 0.05) is 48.6 Å². The fraction of sp³-hybridized carbons (Fsp3) is 0.333. The van der Waals surface area contributed by atoms with Gasteiger partial charge >= 0.3 is 0 Å². The first-order valence-corrected chi connectivity index (χ1v) is 9.18. The van der Waals surface area contributed by atoms with Crippen LogP contribution < -0.4 is 15.0 Å². The predicted octanol–water partition coefficient (Wildman–Crippen LogP) is 2.74. The van der Waals surface area contributed by atoms with E-state index in [2.05, 4.69) is 15.0 Å². The Morgan fingerprint density at radius 3 is 2.75 bits per heavy atom. The molecule has 1 aliphatic carbocycles. The highest BCUT2D eigenvalue weighted by Gasteiger charge is 2.40. The van der Waals surface area contributed by atoms with E-state index in [1.165, 1.54) is 10.6 Å². The number of hydrogen-bond donors (Lipinski definition) is 0. The van der Waals surface area contributed by atoms with Gasteiger partial charge in [0.15, 0.2) is 0 Å². The van der Waals surface area contributed by atoms with Crippen LogP contribution in [0.5, 0.6) is 11.6 Å². The monoisotopic (exact) mass is 378 g/mol. The number of nitrogens with zero attached hydrogens (tertiary/aromatic N) is 4. The largest absolute Gasteiger partial charge is 0.495 e. The van der Waals surface area contributed by atoms with Crippen LogP contribution in [-0.4, -0.2) is 33.2 Å². The fourth-order valence-electron chi connectivity index (χ4n) is 3.22. The number of methoxy groups -OCH3 is 1. The standard InChI is InChI=1S/C21H22N4O3/c1-13-22-10-18(14-4-7-20(26)25(2)11-14)21(24-13)28-12-15-8-17(15)19-6-5-16(27-3)9-23-19/h4-7,9-11,15,17H,8,12H2,1-3H3. The second-order valence-corrected chi connectivity index (χ2v) is 7.04. The number of aromatic nitrogens is 4. The first-order valence-electron chi connectivity index (χ1n) is 9.18. The lowest BCUT2D eigenvalue weighted by Gasteiger charge is -2.11. The van der Waals surface area contributed by atoms with E-state index in [0.717, 1.165) is 29.0 Å². The third kappa shape index (κ3) is 3.74. The van der Waals surface area contributed by atoms with Crippen molar-refractivity contribution in [2.75, 3.05) is 13.7 Å². The van der Waals surface area contributed by atoms with Crippen LogP contribution in [0, 0.1) is 12.8 Å². The molecule has 2 atom stereocenters. The molecule has 2 unspecified atom stereocenters. The summed E-state index contributed by atoms with van der Waals surface area (Å²) in [4.78, 5) is 24.9. The summed E-state index contributed by atoms with van der Waals surface area (Å²) in [5.74, 6) is 2.75. The molecular formula is C21H22N4O3. The van der Waals surface area contributed by atoms with Crippen LogP contribution >= 0.6 is 0 Å². The van der Waals surface area contributed by atoms with Crippen molar-refractivity contribution in [3.63, 3.8) is 0 Å². The Bertz CT molecular complexity index is 1050. The highest BCUT2D eigenvalue weighted by Crippen LogP contribution is 2.47. The Labute approximate surface area is 163 Å². The van der Waals surface area contributed by atoms with Crippen molar-refractivity contribution in [1.29, 1.82) is 0 Å². The van der Waals surface area contributed by atoms with E-state index in [1.807, 2.05) is 19.1 Å². The quantitative estimate of drug-likeness (QED) is 0.656. The van der Waals surface area contributed by atoms with Gasteiger partial charge in [0.2, 0.25) is 11.4 Å². The first-order chi connectivity index (χ1) is 13.5. The number of ether oxygens (including phenoxy) is 2. The van der Waals surface area contributed by atoms with Gasteiger partial charge < -0.3 is 14.0 Å². The topological polar surface area (TPSA) is 79.1 Å². The van der Waals surface area contributed by atoms with E-state index in [-0.39, 0.29) is 5.56 Å². The van der Waals surface area contributed by atoms with Gasteiger partial charge in [0.05, 0.1) is 25.5 Å². The maximum Gasteiger partial charge on any atom is 0.250 e. The zero-order chi connectivity index (χ0) is 19.7. The Hall–Kier alpha value is -3.22. The van der Waals surface area contributed by atoms with Gasteiger partial charge in [-0.3, -0.25) is 9.78 Å². The maximum atomic E-state index is 11.7. The molecule has 0 saturated heterocycles. The molecule has 3 heterocycles. The van der Waals surface area contributed by atoms with Crippen molar-refractivity contribution in [3.8, 4) is 22.8 Å². The van der Waals surface area contributed by atoms with E-state index in [4.69, 9.17) is 9.47 Å². The van der Waals surface area contributed by atoms with Crippen molar-refractivity contribution >= 4 is 0 Å². The maximum absolute atomic E-state index is 11.7. The smallest absolute Gasteiger partial charge is 0.250 e. The molecule has 0 radical (unpaired) electrons. The summed E-state index contributed by atoms with van der Waals surface area (Å²) in [5, 5.41) is 0. The third-order valence-corrected chi connectivity index (χ3v) is 5.00. The molecule has 0 amide bonds. The SMILES string of the molecule is COc1ccc(C2CC2COc2nc(C)ncc2-c2ccc(=O)n(C)c2)nc1. The minimum atomic E-state index is -0.0629. The summed E-state index contributed by atoms with van der Waals surface area (Å²) in [6.45, 7) is 2.40. The van der Waals surface area contributed by atoms with Crippen LogP contribution in [0.2, 0.25) is 0 Å². The summed E-state index contributed by atoms with van der Waals surface area (Å²) in [6, 6.07) is 7.24. The molecule has 4 rings (SSSR count). The first kappa shape index (κ1) is 18.2. The Kier molecular flexibility index (Phi) is 4.81. The third-order valence-electron chi connectivity index (χ3n) is 5.00. The van der Waals surface area contributed by atoms with Crippen molar-refractivity contribution < 1.29 is 9.47 Å². The van der Waals surface area contributed by atoms with Gasteiger partial charge in [-0.2, -0.15) is 4.98 Å². The summed E-state index contributed by atoms with van der Waals surface area (Å²) < 4.78 is 12.8. The minimum absolute atomic E-state index is 0.0629. The van der Waals surface area contributed by atoms with E-state index < -0.39 is 0 Å². The molecule has 3 aromatic rings. The number of aryl methyl sites for hydroxylation is 2. The van der Waals surface area contributed by atoms with Crippen molar-refractivity contribution in [1.82, 2.24) is 19.5 Å². The second kappa shape index (κ2) is 7.42. The molecule has 1 saturated carbocycles. The molecule has 0 aromatic carbocycles. The van der Waals surface area contributed by atoms with E-state index >= 15 is 0 Å². The minimum Gasteiger partial charge on any atom is -0.495 e. The van der Waals surface area contributed by atoms with Crippen molar-refractivity contribution in [2.24, 2.45) is 13.0 Å². The highest BCUT2D eigenvalue weighted by molar-refractivity contribution is 5.66. The van der Waals surface area contributed by atoms with Gasteiger partial charge in [-0.15, -0.1) is 0 Å². The molecule has 0 N–H and O–H groups in total. The van der Waals surface area contributed by atoms with Crippen LogP contribution in [0.25, 0.3) is 11.1 Å². The van der Waals surface area contributed by atoms with Gasteiger partial charge in [-0.05, 0) is 31.5 Å². The number of hydrogen-bond acceptors (Lipinski definition) is 6. The second-order valence-electron chi connectivity index (χ2n) is 7.04. The normalized spacial score (nSPS) is 18.0. The summed E-state index contributed by atoms with van der Waals surface area (Å²) in [5.41, 5.74) is 2.63. The molecule has 28 heavy (non-hydrogen) atoms. The van der Waals surface area contributed by atoms with E-state index in [9.17, 15) is 4.79 Å². The van der Waals surface area contributed by atoms with E-state index in [0.29, 0.717) is 30.1 Å². The average Bonchev–Trinajstić information content (AvgIpc) is 3.48. The van der Waals surface area contributed by atoms with E-state index in [1.54, 1.807) is 38.8 Å². The highest BCUT2D eigenvalue weighted by atomic mass is 16.5. The molecule has 7 heteroatoms. The molecule has 1 fully saturated rings. The van der Waals surface area contributed by atoms with Crippen molar-refractivity contribution in [2.45, 2.75) is 19.3 Å². The lowest BCUT2D eigenvalue weighted by Crippen LogP contribution is -2.14. The van der Waals surface area contributed by atoms with Gasteiger partial charge in [0.1, 0.15) is 11.6 Å². The average molecular weight is 378 g/mol. The molecule has 144 valence electrons. The van der Waals surface area contributed by atoms with Gasteiger partial charge in [-0.25, -0.2) is 4.98 Å². The summed E-state index contributed by atoms with van der Waals surface area (Å²) >= 11 is 0. The summed E-state index contributed by atoms with van der Waals surface area (Å²) in [7, 11) is 3.36. The Morgan fingerprint density at radius 1 is 1.18 bits per heavy atom. The Morgan fingerprint density at radius 2 is 2.04 bits per heavy atom. The molecule has 0 aliphatic heterocycles. The van der Waals surface area contributed by atoms with Crippen molar-refractivity contribution in [3.05, 3.63) is 64.7 Å². The molecular weight excluding hydrogens is 356 g/mol. The van der Waals surface area contributed by atoms with Crippen LogP contribution in [0.3, 0.4) is 0 Å². The van der Waals surface area contributed by atoms with Crippen LogP contribution in [0.1, 0.15) is 23.9 Å². The molecule has 0 spiro atoms. The zero-order valence-electron chi connectivity index (χ0n) is 16.1. The van der Waals surface area contributed by atoms with Crippen LogP contribution in [0.4, 0.5) is 0 Å². The van der Waals surface area contributed by atoms with Gasteiger partial charge in [0.25, 0.3) is 0 Å². The summed E-state index contributed by atoms with van der Waals surface area (Å²) in [6.07, 6.45) is 6.30. The predicted molar refractivity (Wildman–Crippen MR) is 105 cm³/mol. The number of rotatable bonds is 6. The molecule has 0 bridgehead atoms. The number of pyridine rings is 2. The molecule has 7 nitrogen and oxygen atoms in total. The Balaban J connectivity index is 1.48. The molecule has 3 aromatic heterocycles. The molecule has 1 aliphatic rings. The van der Waals surface area contributed by atoms with Gasteiger partial charge in [-0.1, -0.05) is 0 Å². The lowest BCUT2D eigenvalue weighted by atomic mass is 10.1. The lowest BCUT2D eigenvalue weighted by molar-refractivity contribution is 0.285. The van der Waals surface area contributed by atoms with Crippen LogP contribution in [-0.2, 0) is 7.05 Å². The van der Waals surface area contributed by atoms with Crippen LogP contribution in [0.15, 0.2) is 47.7 Å². The fourth-order valence-corrected chi connectivity index (χ4v) is 3.22.